The third-order valence-corrected chi connectivity index (χ3v) is 2.41. The topological polar surface area (TPSA) is 56.3 Å². The zero-order valence-corrected chi connectivity index (χ0v) is 10.8. The van der Waals surface area contributed by atoms with Gasteiger partial charge in [0.1, 0.15) is 6.33 Å². The van der Waals surface area contributed by atoms with Crippen molar-refractivity contribution >= 4 is 0 Å². The monoisotopic (exact) mass is 239 g/mol. The number of hydrogen-bond acceptors (Lipinski definition) is 5. The van der Waals surface area contributed by atoms with Gasteiger partial charge in [-0.1, -0.05) is 6.92 Å². The van der Waals surface area contributed by atoms with Gasteiger partial charge >= 0.3 is 0 Å². The summed E-state index contributed by atoms with van der Waals surface area (Å²) in [5.41, 5.74) is 0.961. The Morgan fingerprint density at radius 2 is 2.18 bits per heavy atom. The van der Waals surface area contributed by atoms with Gasteiger partial charge in [0.05, 0.1) is 13.7 Å². The standard InChI is InChI=1S/C12H21N3O2/c1-4-5-13-11(8-16-2)6-10-7-12(17-3)15-9-14-10/h7,9,11,13H,4-6,8H2,1-3H3. The molecule has 0 fully saturated rings. The first-order valence-corrected chi connectivity index (χ1v) is 5.87. The zero-order chi connectivity index (χ0) is 12.5. The third kappa shape index (κ3) is 5.10. The minimum atomic E-state index is 0.277. The summed E-state index contributed by atoms with van der Waals surface area (Å²) in [6.45, 7) is 3.80. The maximum absolute atomic E-state index is 5.19. The van der Waals surface area contributed by atoms with Gasteiger partial charge in [-0.15, -0.1) is 0 Å². The number of nitrogens with zero attached hydrogens (tertiary/aromatic N) is 2. The van der Waals surface area contributed by atoms with Crippen LogP contribution >= 0.6 is 0 Å². The van der Waals surface area contributed by atoms with Crippen molar-refractivity contribution in [2.75, 3.05) is 27.4 Å². The molecule has 96 valence electrons. The Hall–Kier alpha value is -1.20. The number of nitrogens with one attached hydrogen (secondary N) is 1. The Morgan fingerprint density at radius 1 is 1.35 bits per heavy atom. The van der Waals surface area contributed by atoms with Gasteiger partial charge in [0.2, 0.25) is 5.88 Å². The van der Waals surface area contributed by atoms with Gasteiger partial charge in [-0.2, -0.15) is 0 Å². The Kier molecular flexibility index (Phi) is 6.50. The molecule has 0 aliphatic heterocycles. The lowest BCUT2D eigenvalue weighted by Crippen LogP contribution is -2.35. The molecule has 0 spiro atoms. The van der Waals surface area contributed by atoms with Crippen LogP contribution in [0.3, 0.4) is 0 Å². The molecule has 0 saturated carbocycles. The van der Waals surface area contributed by atoms with Crippen LogP contribution in [0, 0.1) is 0 Å². The van der Waals surface area contributed by atoms with Crippen LogP contribution in [0.25, 0.3) is 0 Å². The predicted molar refractivity (Wildman–Crippen MR) is 66.2 cm³/mol. The summed E-state index contributed by atoms with van der Waals surface area (Å²) in [6, 6.07) is 2.13. The van der Waals surface area contributed by atoms with Crippen molar-refractivity contribution < 1.29 is 9.47 Å². The third-order valence-electron chi connectivity index (χ3n) is 2.41. The molecule has 0 aliphatic rings. The molecule has 0 aliphatic carbocycles. The highest BCUT2D eigenvalue weighted by atomic mass is 16.5. The van der Waals surface area contributed by atoms with E-state index in [1.165, 1.54) is 6.33 Å². The zero-order valence-electron chi connectivity index (χ0n) is 10.8. The van der Waals surface area contributed by atoms with Crippen LogP contribution in [0.15, 0.2) is 12.4 Å². The second kappa shape index (κ2) is 7.97. The molecule has 0 radical (unpaired) electrons. The molecule has 1 aromatic rings. The number of rotatable bonds is 8. The predicted octanol–water partition coefficient (Wildman–Crippen LogP) is 1.04. The Bertz CT molecular complexity index is 320. The van der Waals surface area contributed by atoms with Crippen molar-refractivity contribution in [3.63, 3.8) is 0 Å². The highest BCUT2D eigenvalue weighted by molar-refractivity contribution is 5.14. The van der Waals surface area contributed by atoms with E-state index in [2.05, 4.69) is 22.2 Å². The molecule has 0 bridgehead atoms. The summed E-state index contributed by atoms with van der Waals surface area (Å²) in [7, 11) is 3.31. The largest absolute Gasteiger partial charge is 0.481 e. The summed E-state index contributed by atoms with van der Waals surface area (Å²) in [5, 5.41) is 3.43. The molecule has 17 heavy (non-hydrogen) atoms. The molecular formula is C12H21N3O2. The fraction of sp³-hybridized carbons (Fsp3) is 0.667. The average molecular weight is 239 g/mol. The van der Waals surface area contributed by atoms with Gasteiger partial charge in [0, 0.05) is 31.3 Å². The van der Waals surface area contributed by atoms with Crippen molar-refractivity contribution in [1.82, 2.24) is 15.3 Å². The van der Waals surface area contributed by atoms with E-state index in [-0.39, 0.29) is 6.04 Å². The van der Waals surface area contributed by atoms with Crippen LogP contribution in [0.4, 0.5) is 0 Å². The van der Waals surface area contributed by atoms with Crippen LogP contribution in [-0.4, -0.2) is 43.4 Å². The van der Waals surface area contributed by atoms with Crippen molar-refractivity contribution in [2.45, 2.75) is 25.8 Å². The first-order chi connectivity index (χ1) is 8.30. The Morgan fingerprint density at radius 3 is 2.82 bits per heavy atom. The molecule has 0 saturated heterocycles. The van der Waals surface area contributed by atoms with Crippen molar-refractivity contribution in [1.29, 1.82) is 0 Å². The average Bonchev–Trinajstić information content (AvgIpc) is 2.36. The molecule has 1 rings (SSSR count). The fourth-order valence-corrected chi connectivity index (χ4v) is 1.59. The number of methoxy groups -OCH3 is 2. The Balaban J connectivity index is 2.57. The maximum atomic E-state index is 5.19. The van der Waals surface area contributed by atoms with E-state index in [9.17, 15) is 0 Å². The SMILES string of the molecule is CCCNC(COC)Cc1cc(OC)ncn1. The normalized spacial score (nSPS) is 12.4. The first kappa shape index (κ1) is 13.9. The molecule has 1 unspecified atom stereocenters. The molecule has 1 heterocycles. The highest BCUT2D eigenvalue weighted by Gasteiger charge is 2.10. The van der Waals surface area contributed by atoms with E-state index < -0.39 is 0 Å². The van der Waals surface area contributed by atoms with Crippen LogP contribution in [0.2, 0.25) is 0 Å². The summed E-state index contributed by atoms with van der Waals surface area (Å²) >= 11 is 0. The molecule has 5 nitrogen and oxygen atoms in total. The smallest absolute Gasteiger partial charge is 0.216 e. The van der Waals surface area contributed by atoms with Gasteiger partial charge in [0.15, 0.2) is 0 Å². The van der Waals surface area contributed by atoms with E-state index in [4.69, 9.17) is 9.47 Å². The number of hydrogen-bond donors (Lipinski definition) is 1. The minimum absolute atomic E-state index is 0.277. The van der Waals surface area contributed by atoms with Gasteiger partial charge in [-0.3, -0.25) is 0 Å². The van der Waals surface area contributed by atoms with Gasteiger partial charge < -0.3 is 14.8 Å². The molecule has 5 heteroatoms. The van der Waals surface area contributed by atoms with Crippen LogP contribution < -0.4 is 10.1 Å². The molecule has 1 N–H and O–H groups in total. The van der Waals surface area contributed by atoms with E-state index in [1.54, 1.807) is 14.2 Å². The van der Waals surface area contributed by atoms with Crippen molar-refractivity contribution in [2.24, 2.45) is 0 Å². The lowest BCUT2D eigenvalue weighted by Gasteiger charge is -2.17. The van der Waals surface area contributed by atoms with Gasteiger partial charge in [-0.25, -0.2) is 9.97 Å². The number of ether oxygens (including phenoxy) is 2. The fourth-order valence-electron chi connectivity index (χ4n) is 1.59. The van der Waals surface area contributed by atoms with E-state index in [0.717, 1.165) is 25.1 Å². The van der Waals surface area contributed by atoms with Crippen molar-refractivity contribution in [3.8, 4) is 5.88 Å². The molecule has 1 aromatic heterocycles. The summed E-state index contributed by atoms with van der Waals surface area (Å²) in [4.78, 5) is 8.22. The lowest BCUT2D eigenvalue weighted by molar-refractivity contribution is 0.165. The van der Waals surface area contributed by atoms with Crippen molar-refractivity contribution in [3.05, 3.63) is 18.1 Å². The molecule has 1 atom stereocenters. The van der Waals surface area contributed by atoms with Gasteiger partial charge in [-0.05, 0) is 13.0 Å². The van der Waals surface area contributed by atoms with E-state index in [0.29, 0.717) is 12.5 Å². The second-order valence-electron chi connectivity index (χ2n) is 3.86. The van der Waals surface area contributed by atoms with E-state index >= 15 is 0 Å². The maximum Gasteiger partial charge on any atom is 0.216 e. The molecular weight excluding hydrogens is 218 g/mol. The van der Waals surface area contributed by atoms with Crippen LogP contribution in [-0.2, 0) is 11.2 Å². The quantitative estimate of drug-likeness (QED) is 0.734. The summed E-state index contributed by atoms with van der Waals surface area (Å²) in [5.74, 6) is 0.599. The van der Waals surface area contributed by atoms with Gasteiger partial charge in [0.25, 0.3) is 0 Å². The Labute approximate surface area is 103 Å². The number of aromatic nitrogens is 2. The minimum Gasteiger partial charge on any atom is -0.481 e. The first-order valence-electron chi connectivity index (χ1n) is 5.87. The molecule has 0 amide bonds. The van der Waals surface area contributed by atoms with E-state index in [1.807, 2.05) is 6.07 Å². The second-order valence-corrected chi connectivity index (χ2v) is 3.86. The van der Waals surface area contributed by atoms with Crippen LogP contribution in [0.1, 0.15) is 19.0 Å². The lowest BCUT2D eigenvalue weighted by atomic mass is 10.1. The summed E-state index contributed by atoms with van der Waals surface area (Å²) < 4.78 is 10.3. The highest BCUT2D eigenvalue weighted by Crippen LogP contribution is 2.08. The summed E-state index contributed by atoms with van der Waals surface area (Å²) in [6.07, 6.45) is 3.44. The van der Waals surface area contributed by atoms with Crippen LogP contribution in [0.5, 0.6) is 5.88 Å². The molecule has 0 aromatic carbocycles.